The number of nitrogens with one attached hydrogen (secondary N) is 2. The van der Waals surface area contributed by atoms with E-state index in [9.17, 15) is 14.4 Å². The number of carbonyl (C=O) groups is 3. The van der Waals surface area contributed by atoms with Gasteiger partial charge >= 0.3 is 5.97 Å². The molecule has 2 amide bonds. The molecule has 0 heterocycles. The van der Waals surface area contributed by atoms with Crippen LogP contribution in [0, 0.1) is 0 Å². The quantitative estimate of drug-likeness (QED) is 0.164. The second-order valence-corrected chi connectivity index (χ2v) is 8.02. The molecule has 0 aromatic heterocycles. The Bertz CT molecular complexity index is 1330. The maximum absolute atomic E-state index is 12.4. The summed E-state index contributed by atoms with van der Waals surface area (Å²) in [4.78, 5) is 36.9. The summed E-state index contributed by atoms with van der Waals surface area (Å²) < 4.78 is 21.4. The Morgan fingerprint density at radius 1 is 0.868 bits per heavy atom. The molecule has 0 aliphatic heterocycles. The third-order valence-corrected chi connectivity index (χ3v) is 5.26. The Balaban J connectivity index is 1.56. The molecule has 3 aromatic carbocycles. The topological polar surface area (TPSA) is 125 Å². The normalized spacial score (nSPS) is 10.5. The second-order valence-electron chi connectivity index (χ2n) is 7.58. The van der Waals surface area contributed by atoms with E-state index in [2.05, 4.69) is 15.8 Å². The zero-order valence-corrected chi connectivity index (χ0v) is 21.7. The number of methoxy groups -OCH3 is 2. The van der Waals surface area contributed by atoms with E-state index in [1.54, 1.807) is 61.5 Å². The molecule has 0 saturated heterocycles. The number of amides is 2. The van der Waals surface area contributed by atoms with Gasteiger partial charge in [-0.3, -0.25) is 9.59 Å². The summed E-state index contributed by atoms with van der Waals surface area (Å²) in [5, 5.41) is 6.92. The van der Waals surface area contributed by atoms with Crippen LogP contribution in [0.25, 0.3) is 0 Å². The van der Waals surface area contributed by atoms with Crippen molar-refractivity contribution in [3.63, 3.8) is 0 Å². The Morgan fingerprint density at radius 2 is 1.55 bits per heavy atom. The molecule has 0 bridgehead atoms. The van der Waals surface area contributed by atoms with Gasteiger partial charge in [0, 0.05) is 10.6 Å². The molecule has 0 fully saturated rings. The Hall–Kier alpha value is -4.57. The van der Waals surface area contributed by atoms with Crippen molar-refractivity contribution in [1.29, 1.82) is 0 Å². The summed E-state index contributed by atoms with van der Waals surface area (Å²) in [6, 6.07) is 15.8. The number of ether oxygens (including phenoxy) is 4. The van der Waals surface area contributed by atoms with Crippen LogP contribution in [0.15, 0.2) is 65.8 Å². The molecule has 198 valence electrons. The molecule has 0 spiro atoms. The van der Waals surface area contributed by atoms with E-state index in [0.29, 0.717) is 45.6 Å². The number of rotatable bonds is 11. The molecule has 10 nitrogen and oxygen atoms in total. The maximum Gasteiger partial charge on any atom is 0.343 e. The first kappa shape index (κ1) is 28.0. The first-order chi connectivity index (χ1) is 18.3. The van der Waals surface area contributed by atoms with Crippen molar-refractivity contribution in [3.8, 4) is 23.0 Å². The summed E-state index contributed by atoms with van der Waals surface area (Å²) in [7, 11) is 2.95. The smallest absolute Gasteiger partial charge is 0.343 e. The van der Waals surface area contributed by atoms with Crippen molar-refractivity contribution >= 4 is 35.6 Å². The van der Waals surface area contributed by atoms with Gasteiger partial charge in [-0.1, -0.05) is 11.6 Å². The average molecular weight is 540 g/mol. The molecule has 0 saturated carbocycles. The van der Waals surface area contributed by atoms with E-state index >= 15 is 0 Å². The number of esters is 1. The predicted molar refractivity (Wildman–Crippen MR) is 142 cm³/mol. The summed E-state index contributed by atoms with van der Waals surface area (Å²) in [6.07, 6.45) is 1.39. The standard InChI is InChI=1S/C27H26ClN3O7/c1-4-37-24-13-17(5-11-22(24)38-27(34)18-6-9-20(28)10-7-18)15-30-31-25(32)16-29-26(33)19-8-12-21(35-2)23(14-19)36-3/h5-15H,4,16H2,1-3H3,(H,29,33)(H,31,32). The fourth-order valence-electron chi connectivity index (χ4n) is 3.16. The van der Waals surface area contributed by atoms with Crippen molar-refractivity contribution in [2.24, 2.45) is 5.10 Å². The highest BCUT2D eigenvalue weighted by Gasteiger charge is 2.14. The maximum atomic E-state index is 12.4. The van der Waals surface area contributed by atoms with Crippen LogP contribution in [0.5, 0.6) is 23.0 Å². The fraction of sp³-hybridized carbons (Fsp3) is 0.185. The lowest BCUT2D eigenvalue weighted by Crippen LogP contribution is -2.34. The van der Waals surface area contributed by atoms with Gasteiger partial charge in [0.05, 0.1) is 39.1 Å². The van der Waals surface area contributed by atoms with Crippen molar-refractivity contribution in [2.75, 3.05) is 27.4 Å². The molecule has 0 radical (unpaired) electrons. The van der Waals surface area contributed by atoms with Gasteiger partial charge in [-0.05, 0) is 73.2 Å². The highest BCUT2D eigenvalue weighted by molar-refractivity contribution is 6.30. The molecule has 11 heteroatoms. The van der Waals surface area contributed by atoms with Gasteiger partial charge in [0.1, 0.15) is 0 Å². The Labute approximate surface area is 224 Å². The third kappa shape index (κ3) is 7.71. The molecule has 0 atom stereocenters. The lowest BCUT2D eigenvalue weighted by atomic mass is 10.2. The summed E-state index contributed by atoms with van der Waals surface area (Å²) >= 11 is 5.86. The Morgan fingerprint density at radius 3 is 2.24 bits per heavy atom. The van der Waals surface area contributed by atoms with Crippen LogP contribution in [0.2, 0.25) is 5.02 Å². The number of halogens is 1. The molecular formula is C27H26ClN3O7. The minimum absolute atomic E-state index is 0.228. The molecule has 0 unspecified atom stereocenters. The van der Waals surface area contributed by atoms with Crippen molar-refractivity contribution < 1.29 is 33.3 Å². The minimum atomic E-state index is -0.563. The zero-order valence-electron chi connectivity index (χ0n) is 20.9. The molecular weight excluding hydrogens is 514 g/mol. The molecule has 0 aliphatic carbocycles. The van der Waals surface area contributed by atoms with Crippen molar-refractivity contribution in [1.82, 2.24) is 10.7 Å². The molecule has 0 aliphatic rings. The Kier molecular flexibility index (Phi) is 10.1. The van der Waals surface area contributed by atoms with Crippen molar-refractivity contribution in [3.05, 3.63) is 82.4 Å². The summed E-state index contributed by atoms with van der Waals surface area (Å²) in [5.74, 6) is -0.129. The predicted octanol–water partition coefficient (Wildman–Crippen LogP) is 3.86. The van der Waals surface area contributed by atoms with E-state index in [1.165, 1.54) is 26.5 Å². The van der Waals surface area contributed by atoms with Crippen LogP contribution < -0.4 is 29.7 Å². The van der Waals surface area contributed by atoms with Gasteiger partial charge in [0.2, 0.25) is 0 Å². The SMILES string of the molecule is CCOc1cc(C=NNC(=O)CNC(=O)c2ccc(OC)c(OC)c2)ccc1OC(=O)c1ccc(Cl)cc1. The number of carbonyl (C=O) groups excluding carboxylic acids is 3. The van der Waals surface area contributed by atoms with E-state index in [4.69, 9.17) is 30.5 Å². The second kappa shape index (κ2) is 13.7. The number of hydrogen-bond acceptors (Lipinski definition) is 8. The van der Waals surface area contributed by atoms with E-state index in [1.807, 2.05) is 0 Å². The highest BCUT2D eigenvalue weighted by Crippen LogP contribution is 2.29. The van der Waals surface area contributed by atoms with Gasteiger partial charge in [0.15, 0.2) is 23.0 Å². The van der Waals surface area contributed by atoms with Gasteiger partial charge in [0.25, 0.3) is 11.8 Å². The van der Waals surface area contributed by atoms with Gasteiger partial charge < -0.3 is 24.3 Å². The number of hydrazone groups is 1. The first-order valence-electron chi connectivity index (χ1n) is 11.4. The first-order valence-corrected chi connectivity index (χ1v) is 11.8. The van der Waals surface area contributed by atoms with E-state index in [-0.39, 0.29) is 12.3 Å². The number of benzene rings is 3. The van der Waals surface area contributed by atoms with Crippen molar-refractivity contribution in [2.45, 2.75) is 6.92 Å². The average Bonchev–Trinajstić information content (AvgIpc) is 2.93. The number of hydrogen-bond donors (Lipinski definition) is 2. The zero-order chi connectivity index (χ0) is 27.5. The van der Waals surface area contributed by atoms with Gasteiger partial charge in [-0.15, -0.1) is 0 Å². The minimum Gasteiger partial charge on any atom is -0.493 e. The van der Waals surface area contributed by atoms with Crippen LogP contribution in [0.4, 0.5) is 0 Å². The highest BCUT2D eigenvalue weighted by atomic mass is 35.5. The monoisotopic (exact) mass is 539 g/mol. The largest absolute Gasteiger partial charge is 0.493 e. The van der Waals surface area contributed by atoms with Gasteiger partial charge in [-0.25, -0.2) is 10.2 Å². The van der Waals surface area contributed by atoms with Gasteiger partial charge in [-0.2, -0.15) is 5.10 Å². The van der Waals surface area contributed by atoms with Crippen LogP contribution in [0.1, 0.15) is 33.2 Å². The lowest BCUT2D eigenvalue weighted by molar-refractivity contribution is -0.120. The molecule has 3 aromatic rings. The molecule has 38 heavy (non-hydrogen) atoms. The van der Waals surface area contributed by atoms with Crippen LogP contribution in [-0.4, -0.2) is 51.4 Å². The summed E-state index contributed by atoms with van der Waals surface area (Å²) in [6.45, 7) is 1.83. The van der Waals surface area contributed by atoms with Crippen LogP contribution in [-0.2, 0) is 4.79 Å². The van der Waals surface area contributed by atoms with E-state index in [0.717, 1.165) is 0 Å². The fourth-order valence-corrected chi connectivity index (χ4v) is 3.29. The molecule has 3 rings (SSSR count). The van der Waals surface area contributed by atoms with E-state index < -0.39 is 17.8 Å². The van der Waals surface area contributed by atoms with Crippen LogP contribution >= 0.6 is 11.6 Å². The summed E-state index contributed by atoms with van der Waals surface area (Å²) in [5.41, 5.74) is 3.56. The number of nitrogens with zero attached hydrogens (tertiary/aromatic N) is 1. The lowest BCUT2D eigenvalue weighted by Gasteiger charge is -2.11. The van der Waals surface area contributed by atoms with Crippen LogP contribution in [0.3, 0.4) is 0 Å². The third-order valence-electron chi connectivity index (χ3n) is 5.01. The molecule has 2 N–H and O–H groups in total.